The zero-order valence-corrected chi connectivity index (χ0v) is 22.6. The number of carbonyl (C=O) groups is 1. The topological polar surface area (TPSA) is 78.8 Å². The van der Waals surface area contributed by atoms with Gasteiger partial charge in [0.1, 0.15) is 6.61 Å². The van der Waals surface area contributed by atoms with Gasteiger partial charge in [0.25, 0.3) is 0 Å². The van der Waals surface area contributed by atoms with E-state index in [1.807, 2.05) is 17.5 Å². The van der Waals surface area contributed by atoms with Gasteiger partial charge >= 0.3 is 6.09 Å². The Balaban J connectivity index is 1.18. The highest BCUT2D eigenvalue weighted by Crippen LogP contribution is 2.68. The summed E-state index contributed by atoms with van der Waals surface area (Å²) in [5.41, 5.74) is 0.556. The largest absolute Gasteiger partial charge is 0.444 e. The minimum atomic E-state index is -0.327. The quantitative estimate of drug-likeness (QED) is 0.445. The second-order valence-corrected chi connectivity index (χ2v) is 13.8. The van der Waals surface area contributed by atoms with Crippen LogP contribution in [0.5, 0.6) is 0 Å². The molecular formula is C29H45NO4S. The first-order valence-corrected chi connectivity index (χ1v) is 14.9. The Kier molecular flexibility index (Phi) is 7.28. The highest BCUT2D eigenvalue weighted by Gasteiger charge is 2.62. The van der Waals surface area contributed by atoms with E-state index in [0.717, 1.165) is 37.0 Å². The highest BCUT2D eigenvalue weighted by atomic mass is 32.1. The molecule has 6 heteroatoms. The summed E-state index contributed by atoms with van der Waals surface area (Å²) in [5.74, 6) is 3.24. The molecule has 0 spiro atoms. The Labute approximate surface area is 215 Å². The van der Waals surface area contributed by atoms with Crippen molar-refractivity contribution in [3.8, 4) is 0 Å². The average molecular weight is 504 g/mol. The van der Waals surface area contributed by atoms with Gasteiger partial charge in [-0.05, 0) is 116 Å². The van der Waals surface area contributed by atoms with Crippen molar-refractivity contribution in [2.24, 2.45) is 46.3 Å². The molecule has 4 saturated carbocycles. The normalized spacial score (nSPS) is 43.5. The SMILES string of the molecule is C[C@H](CCNC(=O)OCc1cccs1)C1CC[C@H]2[C@@H]3[C@H](O)CC4C[C@H](O)CC[C@]4(C)[C@H]3CC[C@]12C. The maximum Gasteiger partial charge on any atom is 0.407 e. The molecule has 5 nitrogen and oxygen atoms in total. The first-order chi connectivity index (χ1) is 16.7. The molecule has 196 valence electrons. The number of alkyl carbamates (subject to hydrolysis) is 1. The van der Waals surface area contributed by atoms with Crippen molar-refractivity contribution in [3.05, 3.63) is 22.4 Å². The van der Waals surface area contributed by atoms with Crippen molar-refractivity contribution in [2.45, 2.75) is 97.4 Å². The summed E-state index contributed by atoms with van der Waals surface area (Å²) >= 11 is 1.60. The maximum absolute atomic E-state index is 12.1. The van der Waals surface area contributed by atoms with Crippen LogP contribution in [0.15, 0.2) is 17.5 Å². The van der Waals surface area contributed by atoms with Crippen molar-refractivity contribution >= 4 is 17.4 Å². The third-order valence-electron chi connectivity index (χ3n) is 11.2. The number of amides is 1. The second-order valence-electron chi connectivity index (χ2n) is 12.8. The molecule has 0 bridgehead atoms. The summed E-state index contributed by atoms with van der Waals surface area (Å²) in [6.45, 7) is 8.34. The Morgan fingerprint density at radius 1 is 1.14 bits per heavy atom. The number of rotatable bonds is 6. The molecule has 0 radical (unpaired) electrons. The van der Waals surface area contributed by atoms with Crippen molar-refractivity contribution in [1.82, 2.24) is 5.32 Å². The predicted molar refractivity (Wildman–Crippen MR) is 139 cm³/mol. The van der Waals surface area contributed by atoms with Gasteiger partial charge in [0.2, 0.25) is 0 Å². The number of aliphatic hydroxyl groups excluding tert-OH is 2. The number of aliphatic hydroxyl groups is 2. The third kappa shape index (κ3) is 4.68. The van der Waals surface area contributed by atoms with Crippen LogP contribution in [-0.4, -0.2) is 35.1 Å². The lowest BCUT2D eigenvalue weighted by molar-refractivity contribution is -0.174. The molecule has 5 rings (SSSR count). The minimum Gasteiger partial charge on any atom is -0.444 e. The van der Waals surface area contributed by atoms with Crippen LogP contribution >= 0.6 is 11.3 Å². The summed E-state index contributed by atoms with van der Waals surface area (Å²) in [5, 5.41) is 26.7. The smallest absolute Gasteiger partial charge is 0.407 e. The van der Waals surface area contributed by atoms with E-state index >= 15 is 0 Å². The fourth-order valence-corrected chi connectivity index (χ4v) is 9.98. The van der Waals surface area contributed by atoms with E-state index in [4.69, 9.17) is 4.74 Å². The fraction of sp³-hybridized carbons (Fsp3) is 0.828. The van der Waals surface area contributed by atoms with E-state index in [1.54, 1.807) is 11.3 Å². The van der Waals surface area contributed by atoms with Gasteiger partial charge in [0, 0.05) is 11.4 Å². The molecule has 10 atom stereocenters. The number of nitrogens with one attached hydrogen (secondary N) is 1. The monoisotopic (exact) mass is 503 g/mol. The Morgan fingerprint density at radius 3 is 2.69 bits per heavy atom. The van der Waals surface area contributed by atoms with Gasteiger partial charge in [-0.2, -0.15) is 0 Å². The Morgan fingerprint density at radius 2 is 1.91 bits per heavy atom. The van der Waals surface area contributed by atoms with Crippen LogP contribution in [0.4, 0.5) is 4.79 Å². The lowest BCUT2D eigenvalue weighted by atomic mass is 9.43. The van der Waals surface area contributed by atoms with Gasteiger partial charge < -0.3 is 20.3 Å². The summed E-state index contributed by atoms with van der Waals surface area (Å²) in [6.07, 6.45) is 8.97. The van der Waals surface area contributed by atoms with Crippen LogP contribution in [0.1, 0.15) is 83.4 Å². The van der Waals surface area contributed by atoms with Gasteiger partial charge in [-0.3, -0.25) is 0 Å². The van der Waals surface area contributed by atoms with Crippen molar-refractivity contribution in [2.75, 3.05) is 6.54 Å². The highest BCUT2D eigenvalue weighted by molar-refractivity contribution is 7.09. The van der Waals surface area contributed by atoms with E-state index in [2.05, 4.69) is 26.1 Å². The fourth-order valence-electron chi connectivity index (χ4n) is 9.36. The number of carbonyl (C=O) groups excluding carboxylic acids is 1. The van der Waals surface area contributed by atoms with Crippen LogP contribution in [0, 0.1) is 46.3 Å². The molecule has 35 heavy (non-hydrogen) atoms. The van der Waals surface area contributed by atoms with Crippen LogP contribution in [0.25, 0.3) is 0 Å². The molecule has 4 fully saturated rings. The molecule has 3 N–H and O–H groups in total. The molecule has 0 saturated heterocycles. The van der Waals surface area contributed by atoms with E-state index < -0.39 is 0 Å². The van der Waals surface area contributed by atoms with E-state index in [0.29, 0.717) is 48.7 Å². The summed E-state index contributed by atoms with van der Waals surface area (Å²) < 4.78 is 5.35. The van der Waals surface area contributed by atoms with E-state index in [9.17, 15) is 15.0 Å². The number of thiophene rings is 1. The maximum atomic E-state index is 12.1. The van der Waals surface area contributed by atoms with Crippen LogP contribution in [-0.2, 0) is 11.3 Å². The molecule has 1 aromatic rings. The summed E-state index contributed by atoms with van der Waals surface area (Å²) in [7, 11) is 0. The standard InChI is InChI=1S/C29H45NO4S/c1-18(10-13-30-27(33)34-17-21-5-4-14-35-21)22-6-7-23-26-24(9-12-29(22,23)3)28(2)11-8-20(31)15-19(28)16-25(26)32/h4-5,14,18-20,22-26,31-32H,6-13,15-17H2,1-3H3,(H,30,33)/t18-,19?,20-,22?,23+,24+,25-,26+,28+,29-/m1/s1. The van der Waals surface area contributed by atoms with Gasteiger partial charge in [0.15, 0.2) is 0 Å². The molecular weight excluding hydrogens is 458 g/mol. The number of ether oxygens (including phenoxy) is 1. The van der Waals surface area contributed by atoms with Crippen molar-refractivity contribution < 1.29 is 19.7 Å². The van der Waals surface area contributed by atoms with Crippen LogP contribution < -0.4 is 5.32 Å². The summed E-state index contributed by atoms with van der Waals surface area (Å²) in [6, 6.07) is 3.95. The first-order valence-electron chi connectivity index (χ1n) is 14.0. The van der Waals surface area contributed by atoms with Crippen LogP contribution in [0.3, 0.4) is 0 Å². The van der Waals surface area contributed by atoms with Crippen LogP contribution in [0.2, 0.25) is 0 Å². The second kappa shape index (κ2) is 9.98. The van der Waals surface area contributed by atoms with Gasteiger partial charge in [-0.1, -0.05) is 26.8 Å². The van der Waals surface area contributed by atoms with Crippen molar-refractivity contribution in [3.63, 3.8) is 0 Å². The van der Waals surface area contributed by atoms with Gasteiger partial charge in [-0.15, -0.1) is 11.3 Å². The Hall–Kier alpha value is -1.11. The third-order valence-corrected chi connectivity index (χ3v) is 12.1. The molecule has 1 aromatic heterocycles. The Bertz CT molecular complexity index is 876. The summed E-state index contributed by atoms with van der Waals surface area (Å²) in [4.78, 5) is 13.2. The lowest BCUT2D eigenvalue weighted by Gasteiger charge is -2.62. The van der Waals surface area contributed by atoms with Gasteiger partial charge in [-0.25, -0.2) is 4.79 Å². The molecule has 0 aromatic carbocycles. The van der Waals surface area contributed by atoms with E-state index in [1.165, 1.54) is 25.7 Å². The van der Waals surface area contributed by atoms with E-state index in [-0.39, 0.29) is 29.1 Å². The molecule has 4 aliphatic rings. The number of hydrogen-bond donors (Lipinski definition) is 3. The lowest BCUT2D eigenvalue weighted by Crippen LogP contribution is -2.58. The molecule has 1 amide bonds. The van der Waals surface area contributed by atoms with Gasteiger partial charge in [0.05, 0.1) is 12.2 Å². The van der Waals surface area contributed by atoms with Crippen molar-refractivity contribution in [1.29, 1.82) is 0 Å². The zero-order chi connectivity index (χ0) is 24.8. The average Bonchev–Trinajstić information content (AvgIpc) is 3.46. The molecule has 2 unspecified atom stereocenters. The minimum absolute atomic E-state index is 0.177. The molecule has 0 aliphatic heterocycles. The molecule has 1 heterocycles. The predicted octanol–water partition coefficient (Wildman–Crippen LogP) is 5.99. The number of fused-ring (bicyclic) bond motifs is 5. The molecule has 4 aliphatic carbocycles. The number of hydrogen-bond acceptors (Lipinski definition) is 5. The first kappa shape index (κ1) is 25.5. The zero-order valence-electron chi connectivity index (χ0n) is 21.7.